The number of nitrogens with two attached hydrogens (primary N) is 1. The lowest BCUT2D eigenvalue weighted by atomic mass is 9.94. The number of imidazole rings is 1. The fourth-order valence-corrected chi connectivity index (χ4v) is 2.68. The van der Waals surface area contributed by atoms with E-state index in [0.717, 1.165) is 11.2 Å². The fourth-order valence-electron chi connectivity index (χ4n) is 2.68. The summed E-state index contributed by atoms with van der Waals surface area (Å²) < 4.78 is 28.0. The van der Waals surface area contributed by atoms with Gasteiger partial charge in [-0.2, -0.15) is 5.26 Å². The molecule has 0 atom stereocenters. The topological polar surface area (TPSA) is 92.4 Å². The Morgan fingerprint density at radius 1 is 1.34 bits per heavy atom. The summed E-state index contributed by atoms with van der Waals surface area (Å²) in [6.45, 7) is 2.85. The Balaban J connectivity index is 2.03. The first kappa shape index (κ1) is 20.1. The number of fused-ring (bicyclic) bond motifs is 1. The highest BCUT2D eigenvalue weighted by atomic mass is 19.3. The van der Waals surface area contributed by atoms with Crippen molar-refractivity contribution in [3.63, 3.8) is 0 Å². The van der Waals surface area contributed by atoms with E-state index in [0.29, 0.717) is 16.8 Å². The standard InChI is InChI=1S/C21H20F2N6/c1-21(2,20(22)23)13-26-12-15(10-24)17-4-3-16(11-25)28-19(17)14-5-7-29-8-6-27-18(29)9-14/h3-10,12,20H,13,24H2,1-2H3. The quantitative estimate of drug-likeness (QED) is 0.641. The molecule has 0 radical (unpaired) electrons. The van der Waals surface area contributed by atoms with Crippen molar-refractivity contribution in [3.8, 4) is 17.3 Å². The zero-order valence-corrected chi connectivity index (χ0v) is 16.0. The third-order valence-corrected chi connectivity index (χ3v) is 4.49. The maximum absolute atomic E-state index is 13.1. The Kier molecular flexibility index (Phi) is 5.69. The first-order valence-corrected chi connectivity index (χ1v) is 8.90. The molecule has 3 aromatic heterocycles. The highest BCUT2D eigenvalue weighted by Crippen LogP contribution is 2.28. The molecule has 0 aliphatic heterocycles. The van der Waals surface area contributed by atoms with Crippen LogP contribution in [0.5, 0.6) is 0 Å². The zero-order chi connectivity index (χ0) is 21.0. The largest absolute Gasteiger partial charge is 0.404 e. The lowest BCUT2D eigenvalue weighted by Gasteiger charge is -2.20. The summed E-state index contributed by atoms with van der Waals surface area (Å²) in [6.07, 6.45) is 5.67. The number of aliphatic imine (C=N–C) groups is 1. The number of alkyl halides is 2. The number of pyridine rings is 2. The average Bonchev–Trinajstić information content (AvgIpc) is 3.18. The van der Waals surface area contributed by atoms with Crippen molar-refractivity contribution in [2.75, 3.05) is 6.54 Å². The predicted molar refractivity (Wildman–Crippen MR) is 108 cm³/mol. The summed E-state index contributed by atoms with van der Waals surface area (Å²) in [5, 5.41) is 9.25. The molecule has 3 rings (SSSR count). The summed E-state index contributed by atoms with van der Waals surface area (Å²) in [7, 11) is 0. The molecule has 0 aliphatic rings. The summed E-state index contributed by atoms with van der Waals surface area (Å²) in [6, 6.07) is 9.03. The van der Waals surface area contributed by atoms with Crippen molar-refractivity contribution in [3.05, 3.63) is 60.3 Å². The third kappa shape index (κ3) is 4.29. The number of nitrogens with zero attached hydrogens (tertiary/aromatic N) is 5. The molecule has 29 heavy (non-hydrogen) atoms. The lowest BCUT2D eigenvalue weighted by molar-refractivity contribution is 0.0263. The molecule has 0 aliphatic carbocycles. The number of aromatic nitrogens is 3. The minimum atomic E-state index is -2.49. The van der Waals surface area contributed by atoms with Crippen molar-refractivity contribution in [1.29, 1.82) is 5.26 Å². The van der Waals surface area contributed by atoms with Gasteiger partial charge in [0.25, 0.3) is 0 Å². The van der Waals surface area contributed by atoms with Crippen LogP contribution in [0.25, 0.3) is 22.5 Å². The molecule has 0 fully saturated rings. The molecule has 0 amide bonds. The van der Waals surface area contributed by atoms with Gasteiger partial charge in [0.2, 0.25) is 6.43 Å². The van der Waals surface area contributed by atoms with E-state index >= 15 is 0 Å². The van der Waals surface area contributed by atoms with Crippen molar-refractivity contribution >= 4 is 17.4 Å². The van der Waals surface area contributed by atoms with E-state index in [-0.39, 0.29) is 12.2 Å². The number of hydrogen-bond donors (Lipinski definition) is 1. The molecule has 8 heteroatoms. The number of hydrogen-bond acceptors (Lipinski definition) is 5. The monoisotopic (exact) mass is 394 g/mol. The summed E-state index contributed by atoms with van der Waals surface area (Å²) in [5.74, 6) is 0. The van der Waals surface area contributed by atoms with Gasteiger partial charge in [-0.3, -0.25) is 4.99 Å². The van der Waals surface area contributed by atoms with E-state index < -0.39 is 11.8 Å². The molecule has 3 heterocycles. The lowest BCUT2D eigenvalue weighted by Crippen LogP contribution is -2.25. The minimum Gasteiger partial charge on any atom is -0.404 e. The van der Waals surface area contributed by atoms with Crippen LogP contribution in [0.2, 0.25) is 0 Å². The molecule has 0 unspecified atom stereocenters. The molecular weight excluding hydrogens is 374 g/mol. The van der Waals surface area contributed by atoms with E-state index in [1.54, 1.807) is 18.3 Å². The summed E-state index contributed by atoms with van der Waals surface area (Å²) >= 11 is 0. The van der Waals surface area contributed by atoms with Gasteiger partial charge in [0.05, 0.1) is 5.69 Å². The maximum atomic E-state index is 13.1. The van der Waals surface area contributed by atoms with Crippen molar-refractivity contribution in [2.45, 2.75) is 20.3 Å². The highest BCUT2D eigenvalue weighted by molar-refractivity contribution is 6.11. The van der Waals surface area contributed by atoms with Crippen LogP contribution in [0.15, 0.2) is 54.0 Å². The molecule has 0 bridgehead atoms. The van der Waals surface area contributed by atoms with Crippen LogP contribution in [0, 0.1) is 16.7 Å². The van der Waals surface area contributed by atoms with Gasteiger partial charge in [0.1, 0.15) is 17.4 Å². The maximum Gasteiger partial charge on any atom is 0.245 e. The van der Waals surface area contributed by atoms with Crippen LogP contribution in [0.3, 0.4) is 0 Å². The number of halogens is 2. The van der Waals surface area contributed by atoms with Gasteiger partial charge in [-0.15, -0.1) is 0 Å². The van der Waals surface area contributed by atoms with Gasteiger partial charge in [0, 0.05) is 59.7 Å². The molecule has 148 valence electrons. The predicted octanol–water partition coefficient (Wildman–Crippen LogP) is 3.93. The van der Waals surface area contributed by atoms with Crippen molar-refractivity contribution < 1.29 is 8.78 Å². The Bertz CT molecular complexity index is 1120. The van der Waals surface area contributed by atoms with Crippen LogP contribution in [0.4, 0.5) is 8.78 Å². The first-order valence-electron chi connectivity index (χ1n) is 8.90. The second-order valence-corrected chi connectivity index (χ2v) is 7.19. The first-order chi connectivity index (χ1) is 13.9. The summed E-state index contributed by atoms with van der Waals surface area (Å²) in [4.78, 5) is 12.9. The van der Waals surface area contributed by atoms with E-state index in [4.69, 9.17) is 5.73 Å². The van der Waals surface area contributed by atoms with Crippen LogP contribution < -0.4 is 5.73 Å². The second-order valence-electron chi connectivity index (χ2n) is 7.19. The van der Waals surface area contributed by atoms with Gasteiger partial charge in [-0.1, -0.05) is 13.8 Å². The van der Waals surface area contributed by atoms with E-state index in [1.165, 1.54) is 26.3 Å². The zero-order valence-electron chi connectivity index (χ0n) is 16.0. The van der Waals surface area contributed by atoms with Crippen LogP contribution in [-0.2, 0) is 0 Å². The molecule has 0 spiro atoms. The van der Waals surface area contributed by atoms with Crippen LogP contribution >= 0.6 is 0 Å². The van der Waals surface area contributed by atoms with Gasteiger partial charge in [-0.05, 0) is 24.3 Å². The Morgan fingerprint density at radius 3 is 2.83 bits per heavy atom. The van der Waals surface area contributed by atoms with E-state index in [9.17, 15) is 14.0 Å². The molecular formula is C21H20F2N6. The Labute approximate surface area is 167 Å². The second kappa shape index (κ2) is 8.19. The summed E-state index contributed by atoms with van der Waals surface area (Å²) in [5.41, 5.74) is 7.97. The van der Waals surface area contributed by atoms with Crippen LogP contribution in [-0.4, -0.2) is 33.6 Å². The Hall–Kier alpha value is -3.60. The smallest absolute Gasteiger partial charge is 0.245 e. The highest BCUT2D eigenvalue weighted by Gasteiger charge is 2.28. The SMILES string of the molecule is CC(C)(CN=CC(=CN)c1ccc(C#N)nc1-c1ccn2ccnc2c1)C(F)F. The third-order valence-electron chi connectivity index (χ3n) is 4.49. The van der Waals surface area contributed by atoms with Crippen molar-refractivity contribution in [2.24, 2.45) is 16.1 Å². The van der Waals surface area contributed by atoms with Crippen LogP contribution in [0.1, 0.15) is 25.1 Å². The van der Waals surface area contributed by atoms with E-state index in [2.05, 4.69) is 15.0 Å². The molecule has 0 saturated carbocycles. The van der Waals surface area contributed by atoms with E-state index in [1.807, 2.05) is 35.0 Å². The van der Waals surface area contributed by atoms with Gasteiger partial charge >= 0.3 is 0 Å². The number of rotatable bonds is 6. The van der Waals surface area contributed by atoms with Gasteiger partial charge in [-0.25, -0.2) is 18.7 Å². The van der Waals surface area contributed by atoms with Crippen molar-refractivity contribution in [1.82, 2.24) is 14.4 Å². The fraction of sp³-hybridized carbons (Fsp3) is 0.238. The van der Waals surface area contributed by atoms with Gasteiger partial charge in [0.15, 0.2) is 0 Å². The van der Waals surface area contributed by atoms with Gasteiger partial charge < -0.3 is 10.1 Å². The molecule has 0 saturated heterocycles. The minimum absolute atomic E-state index is 0.0545. The molecule has 6 nitrogen and oxygen atoms in total. The molecule has 2 N–H and O–H groups in total. The molecule has 0 aromatic carbocycles. The molecule has 3 aromatic rings. The number of allylic oxidation sites excluding steroid dienone is 1. The number of nitriles is 1. The Morgan fingerprint density at radius 2 is 2.14 bits per heavy atom. The normalized spacial score (nSPS) is 12.8. The average molecular weight is 394 g/mol.